The van der Waals surface area contributed by atoms with Crippen LogP contribution in [-0.4, -0.2) is 81.9 Å². The molecule has 0 saturated heterocycles. The summed E-state index contributed by atoms with van der Waals surface area (Å²) in [4.78, 5) is 32.8. The van der Waals surface area contributed by atoms with Crippen LogP contribution >= 0.6 is 0 Å². The summed E-state index contributed by atoms with van der Waals surface area (Å²) in [6.45, 7) is 6.11. The number of nitrogens with zero attached hydrogens (tertiary/aromatic N) is 4. The summed E-state index contributed by atoms with van der Waals surface area (Å²) in [5.74, 6) is -2.48. The Bertz CT molecular complexity index is 1010. The van der Waals surface area contributed by atoms with E-state index in [-0.39, 0.29) is 6.61 Å². The van der Waals surface area contributed by atoms with Crippen molar-refractivity contribution in [3.63, 3.8) is 0 Å². The van der Waals surface area contributed by atoms with Gasteiger partial charge in [-0.2, -0.15) is 0 Å². The second kappa shape index (κ2) is 12.8. The predicted octanol–water partition coefficient (Wildman–Crippen LogP) is 0.327. The monoisotopic (exact) mass is 494 g/mol. The van der Waals surface area contributed by atoms with Crippen molar-refractivity contribution in [1.29, 1.82) is 0 Å². The third-order valence-electron chi connectivity index (χ3n) is 5.16. The number of hydrogen-bond donors (Lipinski definition) is 5. The molecule has 0 unspecified atom stereocenters. The van der Waals surface area contributed by atoms with Crippen molar-refractivity contribution in [2.45, 2.75) is 58.0 Å². The molecule has 13 nitrogen and oxygen atoms in total. The number of carbonyl (C=O) groups is 3. The van der Waals surface area contributed by atoms with Crippen LogP contribution in [0.4, 0.5) is 0 Å². The number of rotatable bonds is 11. The van der Waals surface area contributed by atoms with Crippen LogP contribution in [0.5, 0.6) is 5.75 Å². The molecule has 2 aromatic rings. The van der Waals surface area contributed by atoms with E-state index in [1.807, 2.05) is 22.8 Å². The van der Waals surface area contributed by atoms with Crippen molar-refractivity contribution in [3.8, 4) is 5.75 Å². The maximum absolute atomic E-state index is 10.3. The smallest absolute Gasteiger partial charge is 0.336 e. The molecule has 192 valence electrons. The van der Waals surface area contributed by atoms with Crippen molar-refractivity contribution in [2.75, 3.05) is 13.2 Å². The quantitative estimate of drug-likeness (QED) is 0.287. The van der Waals surface area contributed by atoms with Crippen LogP contribution in [0.3, 0.4) is 0 Å². The lowest BCUT2D eigenvalue weighted by Gasteiger charge is -2.28. The van der Waals surface area contributed by atoms with Gasteiger partial charge in [-0.1, -0.05) is 25.1 Å². The molecular formula is C22H30N4O9. The Kier molecular flexibility index (Phi) is 10.1. The Balaban J connectivity index is 0.000000287. The van der Waals surface area contributed by atoms with E-state index in [9.17, 15) is 19.5 Å². The topological polar surface area (TPSA) is 196 Å². The number of ether oxygens (including phenoxy) is 1. The Morgan fingerprint density at radius 3 is 2.29 bits per heavy atom. The third kappa shape index (κ3) is 8.02. The van der Waals surface area contributed by atoms with E-state index in [1.165, 1.54) is 5.56 Å². The van der Waals surface area contributed by atoms with Gasteiger partial charge in [-0.15, -0.1) is 10.2 Å². The van der Waals surface area contributed by atoms with Crippen molar-refractivity contribution in [1.82, 2.24) is 19.7 Å². The van der Waals surface area contributed by atoms with E-state index in [0.717, 1.165) is 50.8 Å². The number of hydrogen-bond acceptors (Lipinski definition) is 9. The van der Waals surface area contributed by atoms with E-state index in [4.69, 9.17) is 25.2 Å². The van der Waals surface area contributed by atoms with Gasteiger partial charge in [0.05, 0.1) is 26.0 Å². The molecule has 5 N–H and O–H groups in total. The Morgan fingerprint density at radius 2 is 1.71 bits per heavy atom. The number of aliphatic hydroxyl groups excluding tert-OH is 1. The summed E-state index contributed by atoms with van der Waals surface area (Å²) >= 11 is 0. The van der Waals surface area contributed by atoms with Gasteiger partial charge in [-0.25, -0.2) is 4.79 Å². The van der Waals surface area contributed by atoms with Gasteiger partial charge in [0.15, 0.2) is 11.4 Å². The molecule has 13 heteroatoms. The largest absolute Gasteiger partial charge is 0.493 e. The normalized spacial score (nSPS) is 13.3. The number of fused-ring (bicyclic) bond motifs is 1. The fourth-order valence-corrected chi connectivity index (χ4v) is 3.46. The number of carboxylic acids is 3. The first-order valence-corrected chi connectivity index (χ1v) is 10.9. The maximum Gasteiger partial charge on any atom is 0.336 e. The van der Waals surface area contributed by atoms with Crippen molar-refractivity contribution < 1.29 is 44.7 Å². The minimum atomic E-state index is -2.74. The van der Waals surface area contributed by atoms with Gasteiger partial charge in [0.2, 0.25) is 0 Å². The lowest BCUT2D eigenvalue weighted by Crippen LogP contribution is -2.42. The summed E-state index contributed by atoms with van der Waals surface area (Å²) < 4.78 is 7.84. The molecule has 0 saturated carbocycles. The predicted molar refractivity (Wildman–Crippen MR) is 119 cm³/mol. The second-order valence-corrected chi connectivity index (χ2v) is 7.99. The van der Waals surface area contributed by atoms with Crippen LogP contribution in [0.15, 0.2) is 24.3 Å². The zero-order valence-electron chi connectivity index (χ0n) is 19.3. The SMILES string of the molecule is CCCOc1ccccc1CN1CCn2c(CO)nnc2C1.O=C(O)CC(O)(CC(=O)O)C(=O)O. The van der Waals surface area contributed by atoms with Gasteiger partial charge >= 0.3 is 17.9 Å². The summed E-state index contributed by atoms with van der Waals surface area (Å²) in [5.41, 5.74) is -1.54. The minimum Gasteiger partial charge on any atom is -0.493 e. The highest BCUT2D eigenvalue weighted by molar-refractivity contribution is 5.88. The Morgan fingerprint density at radius 1 is 1.06 bits per heavy atom. The van der Waals surface area contributed by atoms with Crippen LogP contribution in [0, 0.1) is 0 Å². The Labute approximate surface area is 201 Å². The van der Waals surface area contributed by atoms with Crippen molar-refractivity contribution in [2.24, 2.45) is 0 Å². The van der Waals surface area contributed by atoms with Crippen molar-refractivity contribution in [3.05, 3.63) is 41.5 Å². The second-order valence-electron chi connectivity index (χ2n) is 7.99. The lowest BCUT2D eigenvalue weighted by molar-refractivity contribution is -0.170. The summed E-state index contributed by atoms with van der Waals surface area (Å²) in [5, 5.41) is 51.3. The Hall–Kier alpha value is -3.55. The van der Waals surface area contributed by atoms with Crippen LogP contribution in [0.1, 0.15) is 43.4 Å². The van der Waals surface area contributed by atoms with Crippen LogP contribution in [-0.2, 0) is 40.6 Å². The fraction of sp³-hybridized carbons (Fsp3) is 0.500. The lowest BCUT2D eigenvalue weighted by atomic mass is 9.96. The first-order valence-electron chi connectivity index (χ1n) is 10.9. The average molecular weight is 495 g/mol. The van der Waals surface area contributed by atoms with Gasteiger partial charge in [0, 0.05) is 25.2 Å². The molecule has 1 aliphatic heterocycles. The molecule has 0 atom stereocenters. The molecule has 0 aliphatic carbocycles. The number of para-hydroxylation sites is 1. The van der Waals surface area contributed by atoms with Gasteiger partial charge in [0.1, 0.15) is 18.2 Å². The molecule has 0 fully saturated rings. The van der Waals surface area contributed by atoms with E-state index in [2.05, 4.69) is 28.1 Å². The minimum absolute atomic E-state index is 0.0549. The molecular weight excluding hydrogens is 464 g/mol. The third-order valence-corrected chi connectivity index (χ3v) is 5.16. The molecule has 35 heavy (non-hydrogen) atoms. The molecule has 3 rings (SSSR count). The zero-order valence-corrected chi connectivity index (χ0v) is 19.3. The summed E-state index contributed by atoms with van der Waals surface area (Å²) in [6, 6.07) is 8.20. The number of carboxylic acid groups (broad SMARTS) is 3. The molecule has 2 heterocycles. The number of aromatic nitrogens is 3. The maximum atomic E-state index is 10.3. The summed E-state index contributed by atoms with van der Waals surface area (Å²) in [7, 11) is 0. The molecule has 0 bridgehead atoms. The molecule has 1 aliphatic rings. The summed E-state index contributed by atoms with van der Waals surface area (Å²) in [6.07, 6.45) is -1.28. The molecule has 1 aromatic heterocycles. The van der Waals surface area contributed by atoms with Crippen LogP contribution in [0.2, 0.25) is 0 Å². The highest BCUT2D eigenvalue weighted by Crippen LogP contribution is 2.22. The van der Waals surface area contributed by atoms with Gasteiger partial charge < -0.3 is 34.8 Å². The van der Waals surface area contributed by atoms with E-state index in [0.29, 0.717) is 5.82 Å². The van der Waals surface area contributed by atoms with E-state index < -0.39 is 36.4 Å². The zero-order chi connectivity index (χ0) is 26.0. The first-order chi connectivity index (χ1) is 16.6. The van der Waals surface area contributed by atoms with Gasteiger partial charge in [-0.3, -0.25) is 14.5 Å². The fourth-order valence-electron chi connectivity index (χ4n) is 3.46. The first kappa shape index (κ1) is 27.7. The van der Waals surface area contributed by atoms with Crippen LogP contribution in [0.25, 0.3) is 0 Å². The highest BCUT2D eigenvalue weighted by Gasteiger charge is 2.40. The standard InChI is InChI=1S/C16H22N4O2.C6H8O7/c1-2-9-22-14-6-4-3-5-13(14)10-19-7-8-20-15(11-19)17-18-16(20)12-21;7-3(8)1-6(13,5(11)12)2-4(9)10/h3-6,21H,2,7-12H2,1H3;13H,1-2H2,(H,7,8)(H,9,10)(H,11,12). The molecule has 0 amide bonds. The molecule has 1 aromatic carbocycles. The number of aliphatic hydroxyl groups is 2. The van der Waals surface area contributed by atoms with Gasteiger partial charge in [0.25, 0.3) is 0 Å². The highest BCUT2D eigenvalue weighted by atomic mass is 16.5. The number of aliphatic carboxylic acids is 3. The molecule has 0 radical (unpaired) electrons. The van der Waals surface area contributed by atoms with E-state index >= 15 is 0 Å². The number of benzene rings is 1. The van der Waals surface area contributed by atoms with Crippen molar-refractivity contribution >= 4 is 17.9 Å². The average Bonchev–Trinajstić information content (AvgIpc) is 3.20. The van der Waals surface area contributed by atoms with Gasteiger partial charge in [-0.05, 0) is 12.5 Å². The van der Waals surface area contributed by atoms with Crippen LogP contribution < -0.4 is 4.74 Å². The van der Waals surface area contributed by atoms with E-state index in [1.54, 1.807) is 0 Å². The molecule has 0 spiro atoms.